The van der Waals surface area contributed by atoms with E-state index in [9.17, 15) is 0 Å². The third-order valence-electron chi connectivity index (χ3n) is 4.20. The molecule has 20 heavy (non-hydrogen) atoms. The monoisotopic (exact) mass is 329 g/mol. The van der Waals surface area contributed by atoms with Crippen LogP contribution in [0.4, 0.5) is 5.69 Å². The zero-order valence-corrected chi connectivity index (χ0v) is 13.4. The highest BCUT2D eigenvalue weighted by atomic mass is 79.9. The predicted molar refractivity (Wildman–Crippen MR) is 89.5 cm³/mol. The first-order chi connectivity index (χ1) is 9.74. The Morgan fingerprint density at radius 1 is 1.10 bits per heavy atom. The highest BCUT2D eigenvalue weighted by Crippen LogP contribution is 2.32. The summed E-state index contributed by atoms with van der Waals surface area (Å²) >= 11 is 3.59. The summed E-state index contributed by atoms with van der Waals surface area (Å²) in [5.74, 6) is 0.640. The second-order valence-electron chi connectivity index (χ2n) is 5.63. The van der Waals surface area contributed by atoms with E-state index in [1.165, 1.54) is 40.7 Å². The second kappa shape index (κ2) is 6.01. The molecule has 1 aliphatic heterocycles. The molecular formula is C18H20BrN. The standard InChI is InChI=1S/C18H20BrN/c1-14-6-2-3-10-18(14)20-11-5-8-16(13-20)15-7-4-9-17(19)12-15/h2-4,6-7,9-10,12,16H,5,8,11,13H2,1H3. The number of rotatable bonds is 2. The van der Waals surface area contributed by atoms with Crippen molar-refractivity contribution in [1.82, 2.24) is 0 Å². The molecule has 0 amide bonds. The van der Waals surface area contributed by atoms with Crippen LogP contribution in [0.3, 0.4) is 0 Å². The Kier molecular flexibility index (Phi) is 4.11. The lowest BCUT2D eigenvalue weighted by Gasteiger charge is -2.35. The van der Waals surface area contributed by atoms with E-state index < -0.39 is 0 Å². The summed E-state index contributed by atoms with van der Waals surface area (Å²) in [5.41, 5.74) is 4.23. The Morgan fingerprint density at radius 2 is 1.95 bits per heavy atom. The van der Waals surface area contributed by atoms with Gasteiger partial charge in [-0.25, -0.2) is 0 Å². The van der Waals surface area contributed by atoms with E-state index in [-0.39, 0.29) is 0 Å². The molecule has 1 heterocycles. The predicted octanol–water partition coefficient (Wildman–Crippen LogP) is 5.14. The molecule has 0 aliphatic carbocycles. The number of aryl methyl sites for hydroxylation is 1. The molecule has 1 aliphatic rings. The average Bonchev–Trinajstić information content (AvgIpc) is 2.48. The summed E-state index contributed by atoms with van der Waals surface area (Å²) in [4.78, 5) is 2.55. The van der Waals surface area contributed by atoms with Crippen molar-refractivity contribution in [2.24, 2.45) is 0 Å². The number of piperidine rings is 1. The molecule has 1 nitrogen and oxygen atoms in total. The lowest BCUT2D eigenvalue weighted by Crippen LogP contribution is -2.34. The first-order valence-corrected chi connectivity index (χ1v) is 8.09. The summed E-state index contributed by atoms with van der Waals surface area (Å²) in [7, 11) is 0. The molecule has 0 radical (unpaired) electrons. The number of nitrogens with zero attached hydrogens (tertiary/aromatic N) is 1. The van der Waals surface area contributed by atoms with Crippen molar-refractivity contribution in [2.75, 3.05) is 18.0 Å². The van der Waals surface area contributed by atoms with Crippen molar-refractivity contribution in [3.8, 4) is 0 Å². The lowest BCUT2D eigenvalue weighted by molar-refractivity contribution is 0.509. The minimum absolute atomic E-state index is 0.640. The van der Waals surface area contributed by atoms with Gasteiger partial charge in [-0.2, -0.15) is 0 Å². The van der Waals surface area contributed by atoms with Gasteiger partial charge < -0.3 is 4.90 Å². The van der Waals surface area contributed by atoms with Gasteiger partial charge in [-0.1, -0.05) is 46.3 Å². The Bertz CT molecular complexity index is 593. The number of benzene rings is 2. The number of hydrogen-bond acceptors (Lipinski definition) is 1. The van der Waals surface area contributed by atoms with Crippen LogP contribution in [0.25, 0.3) is 0 Å². The Balaban J connectivity index is 1.82. The van der Waals surface area contributed by atoms with Crippen molar-refractivity contribution in [2.45, 2.75) is 25.7 Å². The number of anilines is 1. The van der Waals surface area contributed by atoms with E-state index in [1.54, 1.807) is 0 Å². The van der Waals surface area contributed by atoms with E-state index in [0.29, 0.717) is 5.92 Å². The number of para-hydroxylation sites is 1. The zero-order valence-electron chi connectivity index (χ0n) is 11.8. The molecule has 0 aromatic heterocycles. The van der Waals surface area contributed by atoms with Crippen molar-refractivity contribution < 1.29 is 0 Å². The molecule has 1 saturated heterocycles. The highest BCUT2D eigenvalue weighted by molar-refractivity contribution is 9.10. The van der Waals surface area contributed by atoms with Crippen LogP contribution in [-0.2, 0) is 0 Å². The minimum Gasteiger partial charge on any atom is -0.371 e. The first-order valence-electron chi connectivity index (χ1n) is 7.30. The van der Waals surface area contributed by atoms with Gasteiger partial charge in [0.1, 0.15) is 0 Å². The largest absolute Gasteiger partial charge is 0.371 e. The molecule has 104 valence electrons. The van der Waals surface area contributed by atoms with Crippen LogP contribution < -0.4 is 4.90 Å². The van der Waals surface area contributed by atoms with E-state index in [0.717, 1.165) is 6.54 Å². The van der Waals surface area contributed by atoms with E-state index >= 15 is 0 Å². The van der Waals surface area contributed by atoms with Crippen LogP contribution in [-0.4, -0.2) is 13.1 Å². The molecule has 0 bridgehead atoms. The van der Waals surface area contributed by atoms with Gasteiger partial charge in [0, 0.05) is 29.2 Å². The molecule has 1 unspecified atom stereocenters. The number of halogens is 1. The molecule has 0 saturated carbocycles. The topological polar surface area (TPSA) is 3.24 Å². The third kappa shape index (κ3) is 2.90. The van der Waals surface area contributed by atoms with Crippen molar-refractivity contribution in [1.29, 1.82) is 0 Å². The second-order valence-corrected chi connectivity index (χ2v) is 6.54. The highest BCUT2D eigenvalue weighted by Gasteiger charge is 2.22. The maximum atomic E-state index is 3.59. The zero-order chi connectivity index (χ0) is 13.9. The summed E-state index contributed by atoms with van der Waals surface area (Å²) in [6, 6.07) is 17.5. The van der Waals surface area contributed by atoms with Gasteiger partial charge in [0.05, 0.1) is 0 Å². The Hall–Kier alpha value is -1.28. The molecule has 2 heteroatoms. The quantitative estimate of drug-likeness (QED) is 0.737. The molecule has 1 fully saturated rings. The number of hydrogen-bond donors (Lipinski definition) is 0. The fraction of sp³-hybridized carbons (Fsp3) is 0.333. The molecule has 0 N–H and O–H groups in total. The van der Waals surface area contributed by atoms with Crippen LogP contribution in [0.1, 0.15) is 29.9 Å². The van der Waals surface area contributed by atoms with Gasteiger partial charge >= 0.3 is 0 Å². The van der Waals surface area contributed by atoms with Crippen LogP contribution in [0.2, 0.25) is 0 Å². The maximum absolute atomic E-state index is 3.59. The minimum atomic E-state index is 0.640. The van der Waals surface area contributed by atoms with Crippen LogP contribution in [0.15, 0.2) is 53.0 Å². The first kappa shape index (κ1) is 13.7. The van der Waals surface area contributed by atoms with E-state index in [1.807, 2.05) is 0 Å². The summed E-state index contributed by atoms with van der Waals surface area (Å²) < 4.78 is 1.18. The Labute approximate surface area is 129 Å². The fourth-order valence-electron chi connectivity index (χ4n) is 3.15. The van der Waals surface area contributed by atoms with Gasteiger partial charge in [-0.05, 0) is 49.1 Å². The maximum Gasteiger partial charge on any atom is 0.0396 e. The normalized spacial score (nSPS) is 19.1. The summed E-state index contributed by atoms with van der Waals surface area (Å²) in [5, 5.41) is 0. The van der Waals surface area contributed by atoms with Crippen LogP contribution in [0, 0.1) is 6.92 Å². The third-order valence-corrected chi connectivity index (χ3v) is 4.69. The smallest absolute Gasteiger partial charge is 0.0396 e. The molecule has 2 aromatic rings. The molecule has 3 rings (SSSR count). The van der Waals surface area contributed by atoms with Gasteiger partial charge in [0.15, 0.2) is 0 Å². The average molecular weight is 330 g/mol. The molecular weight excluding hydrogens is 310 g/mol. The molecule has 0 spiro atoms. The summed E-state index contributed by atoms with van der Waals surface area (Å²) in [6.45, 7) is 4.51. The van der Waals surface area contributed by atoms with Crippen LogP contribution in [0.5, 0.6) is 0 Å². The SMILES string of the molecule is Cc1ccccc1N1CCCC(c2cccc(Br)c2)C1. The van der Waals surface area contributed by atoms with E-state index in [2.05, 4.69) is 76.3 Å². The molecule has 1 atom stereocenters. The molecule has 2 aromatic carbocycles. The lowest BCUT2D eigenvalue weighted by atomic mass is 9.90. The van der Waals surface area contributed by atoms with Crippen molar-refractivity contribution in [3.63, 3.8) is 0 Å². The van der Waals surface area contributed by atoms with Gasteiger partial charge in [0.25, 0.3) is 0 Å². The van der Waals surface area contributed by atoms with Gasteiger partial charge in [0.2, 0.25) is 0 Å². The Morgan fingerprint density at radius 3 is 2.75 bits per heavy atom. The van der Waals surface area contributed by atoms with Crippen LogP contribution >= 0.6 is 15.9 Å². The van der Waals surface area contributed by atoms with Gasteiger partial charge in [-0.3, -0.25) is 0 Å². The summed E-state index contributed by atoms with van der Waals surface area (Å²) in [6.07, 6.45) is 2.56. The van der Waals surface area contributed by atoms with Gasteiger partial charge in [-0.15, -0.1) is 0 Å². The fourth-order valence-corrected chi connectivity index (χ4v) is 3.56. The van der Waals surface area contributed by atoms with Crippen molar-refractivity contribution in [3.05, 3.63) is 64.1 Å². The van der Waals surface area contributed by atoms with Crippen molar-refractivity contribution >= 4 is 21.6 Å². The van der Waals surface area contributed by atoms with E-state index in [4.69, 9.17) is 0 Å².